The van der Waals surface area contributed by atoms with Crippen molar-refractivity contribution >= 4 is 28.5 Å². The number of carboxylic acid groups (broad SMARTS) is 1. The van der Waals surface area contributed by atoms with E-state index >= 15 is 0 Å². The number of hydrogen-bond donors (Lipinski definition) is 2. The molecule has 0 radical (unpaired) electrons. The summed E-state index contributed by atoms with van der Waals surface area (Å²) in [6.45, 7) is 2.40. The average molecular weight is 360 g/mol. The molecule has 5 nitrogen and oxygen atoms in total. The monoisotopic (exact) mass is 359 g/mol. The molecule has 1 heterocycles. The van der Waals surface area contributed by atoms with Gasteiger partial charge in [-0.25, -0.2) is 0 Å². The molecule has 6 heteroatoms. The summed E-state index contributed by atoms with van der Waals surface area (Å²) in [7, 11) is 1.58. The minimum Gasteiger partial charge on any atom is -0.493 e. The highest BCUT2D eigenvalue weighted by atomic mass is 35.5. The summed E-state index contributed by atoms with van der Waals surface area (Å²) in [6.07, 6.45) is -0.105. The summed E-state index contributed by atoms with van der Waals surface area (Å²) in [4.78, 5) is 14.7. The zero-order chi connectivity index (χ0) is 18.0. The molecule has 0 bridgehead atoms. The Labute approximate surface area is 150 Å². The molecule has 0 amide bonds. The first-order chi connectivity index (χ1) is 12.0. The standard InChI is InChI=1S/C19H18ClNO4/c1-3-25-17-8-11(4-7-16(17)24-2)19-14(10-18(22)23)13-9-12(20)5-6-15(13)21-19/h4-9,21H,3,10H2,1-2H3,(H,22,23). The Balaban J connectivity index is 2.20. The highest BCUT2D eigenvalue weighted by molar-refractivity contribution is 6.31. The first-order valence-electron chi connectivity index (χ1n) is 7.86. The van der Waals surface area contributed by atoms with Gasteiger partial charge in [-0.1, -0.05) is 11.6 Å². The maximum atomic E-state index is 11.4. The minimum atomic E-state index is -0.902. The van der Waals surface area contributed by atoms with Crippen LogP contribution in [-0.4, -0.2) is 29.8 Å². The van der Waals surface area contributed by atoms with Crippen LogP contribution >= 0.6 is 11.6 Å². The van der Waals surface area contributed by atoms with E-state index in [1.807, 2.05) is 31.2 Å². The lowest BCUT2D eigenvalue weighted by atomic mass is 10.0. The first kappa shape index (κ1) is 17.2. The third kappa shape index (κ3) is 3.42. The largest absolute Gasteiger partial charge is 0.493 e. The zero-order valence-corrected chi connectivity index (χ0v) is 14.7. The van der Waals surface area contributed by atoms with Crippen molar-refractivity contribution in [3.63, 3.8) is 0 Å². The molecule has 0 atom stereocenters. The van der Waals surface area contributed by atoms with Crippen molar-refractivity contribution in [1.82, 2.24) is 4.98 Å². The predicted octanol–water partition coefficient (Wildman–Crippen LogP) is 4.52. The molecule has 0 aliphatic heterocycles. The Bertz CT molecular complexity index is 933. The summed E-state index contributed by atoms with van der Waals surface area (Å²) in [5.41, 5.74) is 3.10. The van der Waals surface area contributed by atoms with Crippen LogP contribution in [0, 0.1) is 0 Å². The van der Waals surface area contributed by atoms with Gasteiger partial charge < -0.3 is 19.6 Å². The van der Waals surface area contributed by atoms with Gasteiger partial charge in [-0.15, -0.1) is 0 Å². The van der Waals surface area contributed by atoms with Crippen molar-refractivity contribution in [2.45, 2.75) is 13.3 Å². The van der Waals surface area contributed by atoms with E-state index in [0.29, 0.717) is 28.7 Å². The van der Waals surface area contributed by atoms with Gasteiger partial charge in [0.2, 0.25) is 0 Å². The van der Waals surface area contributed by atoms with Crippen LogP contribution in [0.5, 0.6) is 11.5 Å². The van der Waals surface area contributed by atoms with Crippen LogP contribution in [0.3, 0.4) is 0 Å². The van der Waals surface area contributed by atoms with Gasteiger partial charge in [0.25, 0.3) is 0 Å². The molecule has 130 valence electrons. The Morgan fingerprint density at radius 3 is 2.68 bits per heavy atom. The molecule has 0 saturated heterocycles. The number of fused-ring (bicyclic) bond motifs is 1. The molecule has 1 aromatic heterocycles. The number of ether oxygens (including phenoxy) is 2. The van der Waals surface area contributed by atoms with Crippen LogP contribution < -0.4 is 9.47 Å². The van der Waals surface area contributed by atoms with E-state index in [2.05, 4.69) is 4.98 Å². The number of hydrogen-bond acceptors (Lipinski definition) is 3. The maximum absolute atomic E-state index is 11.4. The van der Waals surface area contributed by atoms with Crippen LogP contribution in [-0.2, 0) is 11.2 Å². The fraction of sp³-hybridized carbons (Fsp3) is 0.211. The lowest BCUT2D eigenvalue weighted by Crippen LogP contribution is -2.01. The number of rotatable bonds is 6. The molecule has 25 heavy (non-hydrogen) atoms. The number of carboxylic acids is 1. The highest BCUT2D eigenvalue weighted by Gasteiger charge is 2.17. The molecule has 0 saturated carbocycles. The van der Waals surface area contributed by atoms with Crippen molar-refractivity contribution in [2.24, 2.45) is 0 Å². The maximum Gasteiger partial charge on any atom is 0.307 e. The lowest BCUT2D eigenvalue weighted by molar-refractivity contribution is -0.136. The van der Waals surface area contributed by atoms with E-state index in [9.17, 15) is 9.90 Å². The van der Waals surface area contributed by atoms with Crippen LogP contribution in [0.4, 0.5) is 0 Å². The van der Waals surface area contributed by atoms with E-state index in [4.69, 9.17) is 21.1 Å². The SMILES string of the molecule is CCOc1cc(-c2[nH]c3ccc(Cl)cc3c2CC(=O)O)ccc1OC. The van der Waals surface area contributed by atoms with Crippen LogP contribution in [0.2, 0.25) is 5.02 Å². The molecular formula is C19H18ClNO4. The molecule has 0 spiro atoms. The number of H-pyrrole nitrogens is 1. The fourth-order valence-electron chi connectivity index (χ4n) is 2.90. The van der Waals surface area contributed by atoms with Crippen molar-refractivity contribution in [3.8, 4) is 22.8 Å². The summed E-state index contributed by atoms with van der Waals surface area (Å²) < 4.78 is 10.9. The third-order valence-corrected chi connectivity index (χ3v) is 4.18. The predicted molar refractivity (Wildman–Crippen MR) is 97.8 cm³/mol. The van der Waals surface area contributed by atoms with Gasteiger partial charge in [0.15, 0.2) is 11.5 Å². The number of methoxy groups -OCH3 is 1. The molecule has 0 unspecified atom stereocenters. The number of carbonyl (C=O) groups is 1. The smallest absolute Gasteiger partial charge is 0.307 e. The summed E-state index contributed by atoms with van der Waals surface area (Å²) >= 11 is 6.09. The average Bonchev–Trinajstić information content (AvgIpc) is 2.92. The van der Waals surface area contributed by atoms with Gasteiger partial charge in [-0.2, -0.15) is 0 Å². The summed E-state index contributed by atoms with van der Waals surface area (Å²) in [5.74, 6) is 0.339. The zero-order valence-electron chi connectivity index (χ0n) is 13.9. The molecule has 2 aromatic carbocycles. The second kappa shape index (κ2) is 7.07. The number of aliphatic carboxylic acids is 1. The van der Waals surface area contributed by atoms with Crippen molar-refractivity contribution in [2.75, 3.05) is 13.7 Å². The Morgan fingerprint density at radius 2 is 2.00 bits per heavy atom. The van der Waals surface area contributed by atoms with Crippen molar-refractivity contribution in [1.29, 1.82) is 0 Å². The molecule has 3 rings (SSSR count). The Kier molecular flexibility index (Phi) is 4.86. The van der Waals surface area contributed by atoms with Gasteiger partial charge in [-0.3, -0.25) is 4.79 Å². The van der Waals surface area contributed by atoms with E-state index in [1.54, 1.807) is 19.2 Å². The van der Waals surface area contributed by atoms with Gasteiger partial charge in [0.05, 0.1) is 25.8 Å². The number of halogens is 1. The molecule has 0 aliphatic rings. The van der Waals surface area contributed by atoms with Crippen LogP contribution in [0.1, 0.15) is 12.5 Å². The van der Waals surface area contributed by atoms with Crippen molar-refractivity contribution in [3.05, 3.63) is 47.0 Å². The molecule has 3 aromatic rings. The summed E-state index contributed by atoms with van der Waals surface area (Å²) in [6, 6.07) is 10.9. The highest BCUT2D eigenvalue weighted by Crippen LogP contribution is 2.37. The van der Waals surface area contributed by atoms with E-state index in [1.165, 1.54) is 0 Å². The van der Waals surface area contributed by atoms with E-state index in [-0.39, 0.29) is 6.42 Å². The molecule has 0 fully saturated rings. The number of aromatic amines is 1. The summed E-state index contributed by atoms with van der Waals surface area (Å²) in [5, 5.41) is 10.7. The minimum absolute atomic E-state index is 0.105. The van der Waals surface area contributed by atoms with Gasteiger partial charge in [-0.05, 0) is 48.9 Å². The van der Waals surface area contributed by atoms with Crippen LogP contribution in [0.15, 0.2) is 36.4 Å². The number of aromatic nitrogens is 1. The fourth-order valence-corrected chi connectivity index (χ4v) is 3.07. The van der Waals surface area contributed by atoms with Gasteiger partial charge in [0.1, 0.15) is 0 Å². The second-order valence-electron chi connectivity index (χ2n) is 5.54. The Morgan fingerprint density at radius 1 is 1.20 bits per heavy atom. The normalized spacial score (nSPS) is 10.8. The third-order valence-electron chi connectivity index (χ3n) is 3.95. The molecular weight excluding hydrogens is 342 g/mol. The van der Waals surface area contributed by atoms with E-state index < -0.39 is 5.97 Å². The quantitative estimate of drug-likeness (QED) is 0.678. The van der Waals surface area contributed by atoms with Crippen LogP contribution in [0.25, 0.3) is 22.2 Å². The van der Waals surface area contributed by atoms with E-state index in [0.717, 1.165) is 22.2 Å². The molecule has 2 N–H and O–H groups in total. The number of nitrogens with one attached hydrogen (secondary N) is 1. The van der Waals surface area contributed by atoms with Gasteiger partial charge >= 0.3 is 5.97 Å². The lowest BCUT2D eigenvalue weighted by Gasteiger charge is -2.11. The first-order valence-corrected chi connectivity index (χ1v) is 8.24. The molecule has 0 aliphatic carbocycles. The second-order valence-corrected chi connectivity index (χ2v) is 5.97. The number of benzene rings is 2. The van der Waals surface area contributed by atoms with Gasteiger partial charge in [0, 0.05) is 21.5 Å². The topological polar surface area (TPSA) is 71.6 Å². The Hall–Kier alpha value is -2.66. The van der Waals surface area contributed by atoms with Crippen molar-refractivity contribution < 1.29 is 19.4 Å².